The predicted octanol–water partition coefficient (Wildman–Crippen LogP) is 3.26. The maximum Gasteiger partial charge on any atom is 0.244 e. The molecular formula is C19H21FN2O. The summed E-state index contributed by atoms with van der Waals surface area (Å²) in [7, 11) is 3.97. The molecule has 3 nitrogen and oxygen atoms in total. The lowest BCUT2D eigenvalue weighted by atomic mass is 10.1. The van der Waals surface area contributed by atoms with Crippen molar-refractivity contribution in [3.8, 4) is 0 Å². The summed E-state index contributed by atoms with van der Waals surface area (Å²) in [5.41, 5.74) is 1.94. The minimum atomic E-state index is -0.289. The zero-order chi connectivity index (χ0) is 16.7. The van der Waals surface area contributed by atoms with Gasteiger partial charge in [0.05, 0.1) is 6.04 Å². The van der Waals surface area contributed by atoms with E-state index in [0.717, 1.165) is 11.1 Å². The van der Waals surface area contributed by atoms with Crippen LogP contribution in [0.4, 0.5) is 4.39 Å². The van der Waals surface area contributed by atoms with Crippen molar-refractivity contribution in [3.63, 3.8) is 0 Å². The van der Waals surface area contributed by atoms with Gasteiger partial charge in [-0.2, -0.15) is 0 Å². The minimum Gasteiger partial charge on any atom is -0.351 e. The van der Waals surface area contributed by atoms with Gasteiger partial charge in [-0.3, -0.25) is 4.79 Å². The molecule has 1 atom stereocenters. The number of carbonyl (C=O) groups is 1. The van der Waals surface area contributed by atoms with Crippen LogP contribution in [-0.4, -0.2) is 31.4 Å². The lowest BCUT2D eigenvalue weighted by Gasteiger charge is -2.24. The van der Waals surface area contributed by atoms with E-state index in [0.29, 0.717) is 6.54 Å². The van der Waals surface area contributed by atoms with Crippen molar-refractivity contribution in [2.45, 2.75) is 6.04 Å². The largest absolute Gasteiger partial charge is 0.351 e. The molecule has 1 N–H and O–H groups in total. The third kappa shape index (κ3) is 5.34. The van der Waals surface area contributed by atoms with E-state index in [1.54, 1.807) is 18.2 Å². The lowest BCUT2D eigenvalue weighted by Crippen LogP contribution is -2.33. The maximum absolute atomic E-state index is 12.8. The number of likely N-dealkylation sites (N-methyl/N-ethyl adjacent to an activating group) is 1. The van der Waals surface area contributed by atoms with Crippen LogP contribution in [0, 0.1) is 5.82 Å². The van der Waals surface area contributed by atoms with Gasteiger partial charge in [-0.15, -0.1) is 0 Å². The molecule has 0 fully saturated rings. The van der Waals surface area contributed by atoms with Gasteiger partial charge in [-0.25, -0.2) is 4.39 Å². The molecule has 2 aromatic carbocycles. The molecule has 0 aliphatic heterocycles. The second kappa shape index (κ2) is 8.25. The van der Waals surface area contributed by atoms with Crippen molar-refractivity contribution in [1.82, 2.24) is 10.2 Å². The fourth-order valence-corrected chi connectivity index (χ4v) is 2.28. The number of halogens is 1. The highest BCUT2D eigenvalue weighted by Crippen LogP contribution is 2.16. The standard InChI is InChI=1S/C19H21FN2O/c1-22(2)18(16-6-4-3-5-7-16)14-21-19(23)13-10-15-8-11-17(20)12-9-15/h3-13,18H,14H2,1-2H3,(H,21,23)/b13-10+. The minimum absolute atomic E-state index is 0.111. The highest BCUT2D eigenvalue weighted by molar-refractivity contribution is 5.91. The summed E-state index contributed by atoms with van der Waals surface area (Å²) in [5, 5.41) is 2.90. The van der Waals surface area contributed by atoms with Gasteiger partial charge in [-0.05, 0) is 43.4 Å². The molecule has 0 aliphatic rings. The Hall–Kier alpha value is -2.46. The first-order chi connectivity index (χ1) is 11.1. The van der Waals surface area contributed by atoms with Crippen LogP contribution in [-0.2, 0) is 4.79 Å². The lowest BCUT2D eigenvalue weighted by molar-refractivity contribution is -0.116. The number of nitrogens with zero attached hydrogens (tertiary/aromatic N) is 1. The zero-order valence-electron chi connectivity index (χ0n) is 13.4. The van der Waals surface area contributed by atoms with Crippen LogP contribution in [0.25, 0.3) is 6.08 Å². The fourth-order valence-electron chi connectivity index (χ4n) is 2.28. The average molecular weight is 312 g/mol. The molecule has 23 heavy (non-hydrogen) atoms. The summed E-state index contributed by atoms with van der Waals surface area (Å²) in [6, 6.07) is 16.2. The maximum atomic E-state index is 12.8. The molecule has 0 bridgehead atoms. The molecule has 0 aliphatic carbocycles. The smallest absolute Gasteiger partial charge is 0.244 e. The van der Waals surface area contributed by atoms with Crippen molar-refractivity contribution in [1.29, 1.82) is 0 Å². The molecule has 0 heterocycles. The van der Waals surface area contributed by atoms with Crippen molar-refractivity contribution in [3.05, 3.63) is 77.6 Å². The Labute approximate surface area is 136 Å². The summed E-state index contributed by atoms with van der Waals surface area (Å²) in [6.45, 7) is 0.517. The predicted molar refractivity (Wildman–Crippen MR) is 91.3 cm³/mol. The molecular weight excluding hydrogens is 291 g/mol. The second-order valence-electron chi connectivity index (χ2n) is 5.52. The van der Waals surface area contributed by atoms with Crippen LogP contribution in [0.2, 0.25) is 0 Å². The Balaban J connectivity index is 1.93. The van der Waals surface area contributed by atoms with E-state index in [1.807, 2.05) is 44.4 Å². The van der Waals surface area contributed by atoms with E-state index >= 15 is 0 Å². The van der Waals surface area contributed by atoms with Crippen molar-refractivity contribution < 1.29 is 9.18 Å². The molecule has 0 saturated carbocycles. The van der Waals surface area contributed by atoms with E-state index in [-0.39, 0.29) is 17.8 Å². The van der Waals surface area contributed by atoms with Gasteiger partial charge in [0.1, 0.15) is 5.82 Å². The van der Waals surface area contributed by atoms with Gasteiger partial charge in [0.15, 0.2) is 0 Å². The van der Waals surface area contributed by atoms with E-state index in [4.69, 9.17) is 0 Å². The molecule has 120 valence electrons. The first-order valence-electron chi connectivity index (χ1n) is 7.49. The average Bonchev–Trinajstić information content (AvgIpc) is 2.55. The van der Waals surface area contributed by atoms with Crippen LogP contribution in [0.5, 0.6) is 0 Å². The van der Waals surface area contributed by atoms with Crippen molar-refractivity contribution >= 4 is 12.0 Å². The van der Waals surface area contributed by atoms with Crippen LogP contribution in [0.1, 0.15) is 17.2 Å². The van der Waals surface area contributed by atoms with Gasteiger partial charge >= 0.3 is 0 Å². The first kappa shape index (κ1) is 16.9. The molecule has 0 saturated heterocycles. The Morgan fingerprint density at radius 2 is 1.78 bits per heavy atom. The quantitative estimate of drug-likeness (QED) is 0.830. The highest BCUT2D eigenvalue weighted by Gasteiger charge is 2.13. The van der Waals surface area contributed by atoms with Crippen LogP contribution in [0.3, 0.4) is 0 Å². The summed E-state index contributed by atoms with van der Waals surface area (Å²) in [5.74, 6) is -0.458. The molecule has 0 spiro atoms. The van der Waals surface area contributed by atoms with Gasteiger partial charge in [0, 0.05) is 12.6 Å². The normalized spacial score (nSPS) is 12.5. The van der Waals surface area contributed by atoms with Crippen LogP contribution >= 0.6 is 0 Å². The summed E-state index contributed by atoms with van der Waals surface area (Å²) in [4.78, 5) is 14.0. The van der Waals surface area contributed by atoms with Gasteiger partial charge in [0.25, 0.3) is 0 Å². The Kier molecular flexibility index (Phi) is 6.06. The third-order valence-corrected chi connectivity index (χ3v) is 3.57. The van der Waals surface area contributed by atoms with E-state index in [1.165, 1.54) is 18.2 Å². The number of hydrogen-bond donors (Lipinski definition) is 1. The molecule has 2 rings (SSSR count). The first-order valence-corrected chi connectivity index (χ1v) is 7.49. The fraction of sp³-hybridized carbons (Fsp3) is 0.211. The molecule has 1 unspecified atom stereocenters. The number of amides is 1. The third-order valence-electron chi connectivity index (χ3n) is 3.57. The van der Waals surface area contributed by atoms with Crippen molar-refractivity contribution in [2.24, 2.45) is 0 Å². The van der Waals surface area contributed by atoms with E-state index in [9.17, 15) is 9.18 Å². The van der Waals surface area contributed by atoms with E-state index < -0.39 is 0 Å². The summed E-state index contributed by atoms with van der Waals surface area (Å²) < 4.78 is 12.8. The van der Waals surface area contributed by atoms with E-state index in [2.05, 4.69) is 10.2 Å². The molecule has 0 radical (unpaired) electrons. The SMILES string of the molecule is CN(C)C(CNC(=O)/C=C/c1ccc(F)cc1)c1ccccc1. The number of hydrogen-bond acceptors (Lipinski definition) is 2. The van der Waals surface area contributed by atoms with Gasteiger partial charge in [-0.1, -0.05) is 42.5 Å². The number of carbonyl (C=O) groups excluding carboxylic acids is 1. The Morgan fingerprint density at radius 3 is 2.39 bits per heavy atom. The summed E-state index contributed by atoms with van der Waals surface area (Å²) in [6.07, 6.45) is 3.13. The summed E-state index contributed by atoms with van der Waals surface area (Å²) >= 11 is 0. The molecule has 1 amide bonds. The number of nitrogens with one attached hydrogen (secondary N) is 1. The topological polar surface area (TPSA) is 32.3 Å². The second-order valence-corrected chi connectivity index (χ2v) is 5.52. The molecule has 2 aromatic rings. The van der Waals surface area contributed by atoms with Gasteiger partial charge in [0.2, 0.25) is 5.91 Å². The van der Waals surface area contributed by atoms with Crippen molar-refractivity contribution in [2.75, 3.05) is 20.6 Å². The van der Waals surface area contributed by atoms with Crippen LogP contribution < -0.4 is 5.32 Å². The molecule has 4 heteroatoms. The molecule has 0 aromatic heterocycles. The monoisotopic (exact) mass is 312 g/mol. The zero-order valence-corrected chi connectivity index (χ0v) is 13.4. The Bertz CT molecular complexity index is 651. The highest BCUT2D eigenvalue weighted by atomic mass is 19.1. The number of rotatable bonds is 6. The van der Waals surface area contributed by atoms with Crippen LogP contribution in [0.15, 0.2) is 60.7 Å². The Morgan fingerprint density at radius 1 is 1.13 bits per heavy atom. The van der Waals surface area contributed by atoms with Gasteiger partial charge < -0.3 is 10.2 Å². The number of benzene rings is 2.